The van der Waals surface area contributed by atoms with Crippen LogP contribution in [0, 0.1) is 0 Å². The molecule has 0 saturated carbocycles. The highest BCUT2D eigenvalue weighted by Crippen LogP contribution is 2.32. The molecule has 90 valence electrons. The van der Waals surface area contributed by atoms with E-state index in [4.69, 9.17) is 4.74 Å². The fourth-order valence-electron chi connectivity index (χ4n) is 2.47. The van der Waals surface area contributed by atoms with Crippen LogP contribution in [0.3, 0.4) is 0 Å². The van der Waals surface area contributed by atoms with Gasteiger partial charge in [-0.05, 0) is 34.9 Å². The third kappa shape index (κ3) is 1.70. The van der Waals surface area contributed by atoms with Crippen molar-refractivity contribution in [3.8, 4) is 0 Å². The van der Waals surface area contributed by atoms with E-state index in [2.05, 4.69) is 24.3 Å². The van der Waals surface area contributed by atoms with Crippen LogP contribution in [0.4, 0.5) is 0 Å². The molecule has 0 radical (unpaired) electrons. The Morgan fingerprint density at radius 1 is 1.22 bits per heavy atom. The third-order valence-electron chi connectivity index (χ3n) is 3.31. The molecule has 1 aliphatic rings. The minimum absolute atomic E-state index is 0.196. The lowest BCUT2D eigenvalue weighted by Crippen LogP contribution is -2.07. The molecule has 2 nitrogen and oxygen atoms in total. The molecule has 1 aliphatic carbocycles. The van der Waals surface area contributed by atoms with Gasteiger partial charge in [-0.25, -0.2) is 4.79 Å². The Morgan fingerprint density at radius 3 is 2.89 bits per heavy atom. The molecule has 0 heterocycles. The van der Waals surface area contributed by atoms with Crippen molar-refractivity contribution < 1.29 is 9.53 Å². The van der Waals surface area contributed by atoms with Crippen LogP contribution < -0.4 is 0 Å². The van der Waals surface area contributed by atoms with Gasteiger partial charge in [-0.2, -0.15) is 0 Å². The van der Waals surface area contributed by atoms with Gasteiger partial charge in [-0.3, -0.25) is 0 Å². The van der Waals surface area contributed by atoms with Crippen molar-refractivity contribution in [3.63, 3.8) is 0 Å². The highest BCUT2D eigenvalue weighted by molar-refractivity contribution is 6.00. The first-order chi connectivity index (χ1) is 8.79. The molecule has 3 rings (SSSR count). The quantitative estimate of drug-likeness (QED) is 0.750. The summed E-state index contributed by atoms with van der Waals surface area (Å²) in [4.78, 5) is 11.8. The Labute approximate surface area is 106 Å². The Bertz CT molecular complexity index is 653. The summed E-state index contributed by atoms with van der Waals surface area (Å²) in [6.07, 6.45) is 2.62. The van der Waals surface area contributed by atoms with E-state index >= 15 is 0 Å². The van der Waals surface area contributed by atoms with Gasteiger partial charge in [0, 0.05) is 12.0 Å². The number of hydrogen-bond acceptors (Lipinski definition) is 2. The van der Waals surface area contributed by atoms with Gasteiger partial charge in [0.25, 0.3) is 0 Å². The first kappa shape index (κ1) is 11.0. The zero-order valence-corrected chi connectivity index (χ0v) is 10.3. The van der Waals surface area contributed by atoms with E-state index in [0.717, 1.165) is 11.1 Å². The third-order valence-corrected chi connectivity index (χ3v) is 3.31. The van der Waals surface area contributed by atoms with Crippen LogP contribution in [0.5, 0.6) is 0 Å². The molecule has 2 heteroatoms. The van der Waals surface area contributed by atoms with Crippen molar-refractivity contribution in [3.05, 3.63) is 53.1 Å². The average Bonchev–Trinajstić information content (AvgIpc) is 2.83. The monoisotopic (exact) mass is 238 g/mol. The molecule has 2 aromatic rings. The minimum atomic E-state index is -0.196. The number of carbonyl (C=O) groups excluding carboxylic acids is 1. The molecule has 0 unspecified atom stereocenters. The topological polar surface area (TPSA) is 26.3 Å². The second-order valence-corrected chi connectivity index (χ2v) is 4.42. The average molecular weight is 238 g/mol. The molecule has 0 amide bonds. The lowest BCUT2D eigenvalue weighted by Gasteiger charge is -2.05. The van der Waals surface area contributed by atoms with Gasteiger partial charge in [0.15, 0.2) is 0 Å². The van der Waals surface area contributed by atoms with Crippen molar-refractivity contribution in [1.29, 1.82) is 0 Å². The highest BCUT2D eigenvalue weighted by atomic mass is 16.5. The van der Waals surface area contributed by atoms with E-state index < -0.39 is 0 Å². The minimum Gasteiger partial charge on any atom is -0.463 e. The van der Waals surface area contributed by atoms with Crippen LogP contribution in [0.1, 0.15) is 18.1 Å². The van der Waals surface area contributed by atoms with E-state index in [-0.39, 0.29) is 5.97 Å². The van der Waals surface area contributed by atoms with Crippen molar-refractivity contribution in [2.45, 2.75) is 13.3 Å². The Balaban J connectivity index is 2.03. The summed E-state index contributed by atoms with van der Waals surface area (Å²) in [5.41, 5.74) is 3.12. The summed E-state index contributed by atoms with van der Waals surface area (Å²) in [5.74, 6) is -0.196. The summed E-state index contributed by atoms with van der Waals surface area (Å²) in [6.45, 7) is 2.25. The number of carbonyl (C=O) groups is 1. The fraction of sp³-hybridized carbons (Fsp3) is 0.188. The van der Waals surface area contributed by atoms with Crippen LogP contribution in [0.25, 0.3) is 16.8 Å². The number of fused-ring (bicyclic) bond motifs is 3. The van der Waals surface area contributed by atoms with E-state index in [1.54, 1.807) is 0 Å². The SMILES string of the molecule is CCOC(=O)C1=Cc2ccc3ccccc3c2C1. The van der Waals surface area contributed by atoms with E-state index in [0.29, 0.717) is 13.0 Å². The van der Waals surface area contributed by atoms with Gasteiger partial charge in [0.2, 0.25) is 0 Å². The molecule has 0 spiro atoms. The Hall–Kier alpha value is -2.09. The molecule has 0 N–H and O–H groups in total. The van der Waals surface area contributed by atoms with E-state index in [9.17, 15) is 4.79 Å². The molecule has 0 aromatic heterocycles. The van der Waals surface area contributed by atoms with Crippen molar-refractivity contribution in [2.75, 3.05) is 6.61 Å². The van der Waals surface area contributed by atoms with Crippen LogP contribution >= 0.6 is 0 Å². The number of esters is 1. The molecule has 18 heavy (non-hydrogen) atoms. The van der Waals surface area contributed by atoms with E-state index in [1.165, 1.54) is 16.3 Å². The lowest BCUT2D eigenvalue weighted by atomic mass is 10.00. The largest absolute Gasteiger partial charge is 0.463 e. The molecule has 0 fully saturated rings. The van der Waals surface area contributed by atoms with Crippen LogP contribution in [0.2, 0.25) is 0 Å². The maximum Gasteiger partial charge on any atom is 0.334 e. The van der Waals surface area contributed by atoms with Gasteiger partial charge < -0.3 is 4.74 Å². The molecular formula is C16H14O2. The van der Waals surface area contributed by atoms with Crippen molar-refractivity contribution >= 4 is 22.8 Å². The van der Waals surface area contributed by atoms with Gasteiger partial charge in [0.1, 0.15) is 0 Å². The molecular weight excluding hydrogens is 224 g/mol. The number of rotatable bonds is 2. The fourth-order valence-corrected chi connectivity index (χ4v) is 2.47. The summed E-state index contributed by atoms with van der Waals surface area (Å²) < 4.78 is 5.06. The lowest BCUT2D eigenvalue weighted by molar-refractivity contribution is -0.138. The van der Waals surface area contributed by atoms with Crippen LogP contribution in [-0.4, -0.2) is 12.6 Å². The predicted molar refractivity (Wildman–Crippen MR) is 72.3 cm³/mol. The maximum absolute atomic E-state index is 11.8. The summed E-state index contributed by atoms with van der Waals surface area (Å²) in [6, 6.07) is 12.4. The molecule has 0 aliphatic heterocycles. The first-order valence-electron chi connectivity index (χ1n) is 6.18. The molecule has 0 saturated heterocycles. The van der Waals surface area contributed by atoms with Gasteiger partial charge >= 0.3 is 5.97 Å². The van der Waals surface area contributed by atoms with Gasteiger partial charge in [-0.15, -0.1) is 0 Å². The zero-order valence-electron chi connectivity index (χ0n) is 10.3. The summed E-state index contributed by atoms with van der Waals surface area (Å²) >= 11 is 0. The summed E-state index contributed by atoms with van der Waals surface area (Å²) in [5, 5.41) is 2.44. The second kappa shape index (κ2) is 4.30. The van der Waals surface area contributed by atoms with E-state index in [1.807, 2.05) is 25.1 Å². The zero-order chi connectivity index (χ0) is 12.5. The predicted octanol–water partition coefficient (Wildman–Crippen LogP) is 3.34. The van der Waals surface area contributed by atoms with Crippen molar-refractivity contribution in [2.24, 2.45) is 0 Å². The number of ether oxygens (including phenoxy) is 1. The molecule has 0 atom stereocenters. The maximum atomic E-state index is 11.8. The van der Waals surface area contributed by atoms with Crippen LogP contribution in [0.15, 0.2) is 42.0 Å². The molecule has 2 aromatic carbocycles. The number of hydrogen-bond donors (Lipinski definition) is 0. The standard InChI is InChI=1S/C16H14O2/c1-2-18-16(17)13-9-12-8-7-11-5-3-4-6-14(11)15(12)10-13/h3-9H,2,10H2,1H3. The number of benzene rings is 2. The summed E-state index contributed by atoms with van der Waals surface area (Å²) in [7, 11) is 0. The van der Waals surface area contributed by atoms with Crippen LogP contribution in [-0.2, 0) is 16.0 Å². The van der Waals surface area contributed by atoms with Gasteiger partial charge in [-0.1, -0.05) is 36.4 Å². The normalized spacial score (nSPS) is 13.3. The second-order valence-electron chi connectivity index (χ2n) is 4.42. The Kier molecular flexibility index (Phi) is 2.63. The van der Waals surface area contributed by atoms with Crippen molar-refractivity contribution in [1.82, 2.24) is 0 Å². The first-order valence-corrected chi connectivity index (χ1v) is 6.18. The molecule has 0 bridgehead atoms. The Morgan fingerprint density at radius 2 is 2.06 bits per heavy atom. The van der Waals surface area contributed by atoms with Gasteiger partial charge in [0.05, 0.1) is 6.61 Å². The smallest absolute Gasteiger partial charge is 0.334 e. The highest BCUT2D eigenvalue weighted by Gasteiger charge is 2.20.